The molecule has 0 atom stereocenters. The molecule has 1 aromatic carbocycles. The standard InChI is InChI=1S/C18H24FN5O/c1-14-13-17(22(2)21-14)18(25)20-7-8-23-9-11-24(12-10-23)16-5-3-15(19)4-6-16/h3-6,13H,7-12H2,1-2H3,(H,20,25). The van der Waals surface area contributed by atoms with Crippen LogP contribution in [0.2, 0.25) is 0 Å². The van der Waals surface area contributed by atoms with E-state index < -0.39 is 0 Å². The molecule has 0 radical (unpaired) electrons. The number of aromatic nitrogens is 2. The minimum Gasteiger partial charge on any atom is -0.369 e. The fourth-order valence-corrected chi connectivity index (χ4v) is 3.12. The van der Waals surface area contributed by atoms with Gasteiger partial charge in [0.15, 0.2) is 0 Å². The molecule has 7 heteroatoms. The average Bonchev–Trinajstić information content (AvgIpc) is 2.95. The van der Waals surface area contributed by atoms with E-state index in [0.29, 0.717) is 12.2 Å². The van der Waals surface area contributed by atoms with Gasteiger partial charge >= 0.3 is 0 Å². The van der Waals surface area contributed by atoms with E-state index in [1.165, 1.54) is 12.1 Å². The second kappa shape index (κ2) is 7.65. The molecule has 1 N–H and O–H groups in total. The Morgan fingerprint density at radius 2 is 1.88 bits per heavy atom. The molecule has 0 spiro atoms. The number of nitrogens with zero attached hydrogens (tertiary/aromatic N) is 4. The van der Waals surface area contributed by atoms with Gasteiger partial charge in [0.25, 0.3) is 5.91 Å². The first-order chi connectivity index (χ1) is 12.0. The third-order valence-electron chi connectivity index (χ3n) is 4.51. The second-order valence-electron chi connectivity index (χ2n) is 6.36. The molecule has 0 bridgehead atoms. The van der Waals surface area contributed by atoms with Crippen LogP contribution in [-0.2, 0) is 7.05 Å². The zero-order valence-corrected chi connectivity index (χ0v) is 14.7. The summed E-state index contributed by atoms with van der Waals surface area (Å²) in [6.45, 7) is 6.97. The van der Waals surface area contributed by atoms with Gasteiger partial charge in [0.1, 0.15) is 11.5 Å². The lowest BCUT2D eigenvalue weighted by molar-refractivity contribution is 0.0938. The molecular weight excluding hydrogens is 321 g/mol. The lowest BCUT2D eigenvalue weighted by atomic mass is 10.2. The molecule has 6 nitrogen and oxygen atoms in total. The first kappa shape index (κ1) is 17.4. The maximum Gasteiger partial charge on any atom is 0.269 e. The van der Waals surface area contributed by atoms with Crippen LogP contribution in [-0.4, -0.2) is 59.9 Å². The quantitative estimate of drug-likeness (QED) is 0.891. The fraction of sp³-hybridized carbons (Fsp3) is 0.444. The number of hydrogen-bond donors (Lipinski definition) is 1. The van der Waals surface area contributed by atoms with Crippen LogP contribution < -0.4 is 10.2 Å². The van der Waals surface area contributed by atoms with Gasteiger partial charge in [-0.25, -0.2) is 4.39 Å². The highest BCUT2D eigenvalue weighted by atomic mass is 19.1. The van der Waals surface area contributed by atoms with Gasteiger partial charge in [0, 0.05) is 52.0 Å². The highest BCUT2D eigenvalue weighted by Gasteiger charge is 2.17. The molecule has 134 valence electrons. The van der Waals surface area contributed by atoms with E-state index in [9.17, 15) is 9.18 Å². The van der Waals surface area contributed by atoms with Gasteiger partial charge in [-0.15, -0.1) is 0 Å². The third kappa shape index (κ3) is 4.36. The van der Waals surface area contributed by atoms with E-state index in [1.54, 1.807) is 17.8 Å². The SMILES string of the molecule is Cc1cc(C(=O)NCCN2CCN(c3ccc(F)cc3)CC2)n(C)n1. The number of anilines is 1. The predicted molar refractivity (Wildman–Crippen MR) is 95.3 cm³/mol. The van der Waals surface area contributed by atoms with Gasteiger partial charge < -0.3 is 10.2 Å². The molecule has 1 aromatic heterocycles. The van der Waals surface area contributed by atoms with E-state index in [4.69, 9.17) is 0 Å². The maximum absolute atomic E-state index is 13.0. The predicted octanol–water partition coefficient (Wildman–Crippen LogP) is 1.42. The summed E-state index contributed by atoms with van der Waals surface area (Å²) in [7, 11) is 1.77. The topological polar surface area (TPSA) is 53.4 Å². The van der Waals surface area contributed by atoms with Crippen LogP contribution in [0.4, 0.5) is 10.1 Å². The van der Waals surface area contributed by atoms with E-state index >= 15 is 0 Å². The number of amides is 1. The van der Waals surface area contributed by atoms with Crippen LogP contribution in [0.25, 0.3) is 0 Å². The molecule has 1 aliphatic heterocycles. The Balaban J connectivity index is 1.41. The first-order valence-electron chi connectivity index (χ1n) is 8.54. The third-order valence-corrected chi connectivity index (χ3v) is 4.51. The Morgan fingerprint density at radius 3 is 2.48 bits per heavy atom. The number of hydrogen-bond acceptors (Lipinski definition) is 4. The van der Waals surface area contributed by atoms with E-state index in [0.717, 1.165) is 44.1 Å². The molecule has 25 heavy (non-hydrogen) atoms. The summed E-state index contributed by atoms with van der Waals surface area (Å²) in [5.74, 6) is -0.296. The molecule has 1 amide bonds. The molecular formula is C18H24FN5O. The Bertz CT molecular complexity index is 720. The molecule has 1 fully saturated rings. The van der Waals surface area contributed by atoms with E-state index in [1.807, 2.05) is 19.1 Å². The van der Waals surface area contributed by atoms with Gasteiger partial charge in [-0.05, 0) is 37.3 Å². The van der Waals surface area contributed by atoms with Crippen LogP contribution in [0.5, 0.6) is 0 Å². The van der Waals surface area contributed by atoms with Crippen molar-refractivity contribution < 1.29 is 9.18 Å². The largest absolute Gasteiger partial charge is 0.369 e. The van der Waals surface area contributed by atoms with Crippen molar-refractivity contribution >= 4 is 11.6 Å². The van der Waals surface area contributed by atoms with Crippen molar-refractivity contribution in [1.82, 2.24) is 20.0 Å². The van der Waals surface area contributed by atoms with Crippen molar-refractivity contribution in [2.75, 3.05) is 44.2 Å². The molecule has 1 aliphatic rings. The number of piperazine rings is 1. The number of nitrogens with one attached hydrogen (secondary N) is 1. The molecule has 2 heterocycles. The van der Waals surface area contributed by atoms with Crippen molar-refractivity contribution in [1.29, 1.82) is 0 Å². The Morgan fingerprint density at radius 1 is 1.20 bits per heavy atom. The Kier molecular flexibility index (Phi) is 5.33. The molecule has 1 saturated heterocycles. The average molecular weight is 345 g/mol. The normalized spacial score (nSPS) is 15.4. The number of halogens is 1. The van der Waals surface area contributed by atoms with Gasteiger partial charge in [0.2, 0.25) is 0 Å². The lowest BCUT2D eigenvalue weighted by Crippen LogP contribution is -2.48. The fourth-order valence-electron chi connectivity index (χ4n) is 3.12. The number of rotatable bonds is 5. The second-order valence-corrected chi connectivity index (χ2v) is 6.36. The summed E-state index contributed by atoms with van der Waals surface area (Å²) >= 11 is 0. The number of benzene rings is 1. The van der Waals surface area contributed by atoms with Crippen molar-refractivity contribution in [3.05, 3.63) is 47.5 Å². The van der Waals surface area contributed by atoms with Gasteiger partial charge in [-0.3, -0.25) is 14.4 Å². The number of carbonyl (C=O) groups excluding carboxylic acids is 1. The molecule has 0 aliphatic carbocycles. The molecule has 2 aromatic rings. The molecule has 0 saturated carbocycles. The minimum absolute atomic E-state index is 0.0898. The smallest absolute Gasteiger partial charge is 0.269 e. The number of aryl methyl sites for hydroxylation is 2. The highest BCUT2D eigenvalue weighted by molar-refractivity contribution is 5.92. The zero-order valence-electron chi connectivity index (χ0n) is 14.7. The first-order valence-corrected chi connectivity index (χ1v) is 8.54. The highest BCUT2D eigenvalue weighted by Crippen LogP contribution is 2.16. The molecule has 3 rings (SSSR count). The Labute approximate surface area is 147 Å². The minimum atomic E-state index is -0.207. The summed E-state index contributed by atoms with van der Waals surface area (Å²) in [6, 6.07) is 8.42. The summed E-state index contributed by atoms with van der Waals surface area (Å²) in [5.41, 5.74) is 2.48. The summed E-state index contributed by atoms with van der Waals surface area (Å²) in [4.78, 5) is 16.7. The maximum atomic E-state index is 13.0. The van der Waals surface area contributed by atoms with Crippen molar-refractivity contribution in [3.8, 4) is 0 Å². The van der Waals surface area contributed by atoms with Crippen LogP contribution >= 0.6 is 0 Å². The Hall–Kier alpha value is -2.41. The van der Waals surface area contributed by atoms with E-state index in [-0.39, 0.29) is 11.7 Å². The van der Waals surface area contributed by atoms with E-state index in [2.05, 4.69) is 20.2 Å². The van der Waals surface area contributed by atoms with Crippen molar-refractivity contribution in [3.63, 3.8) is 0 Å². The van der Waals surface area contributed by atoms with Crippen molar-refractivity contribution in [2.24, 2.45) is 7.05 Å². The number of carbonyl (C=O) groups is 1. The van der Waals surface area contributed by atoms with Crippen LogP contribution in [0.3, 0.4) is 0 Å². The van der Waals surface area contributed by atoms with Crippen LogP contribution in [0, 0.1) is 12.7 Å². The van der Waals surface area contributed by atoms with Gasteiger partial charge in [-0.1, -0.05) is 0 Å². The van der Waals surface area contributed by atoms with Gasteiger partial charge in [-0.2, -0.15) is 5.10 Å². The summed E-state index contributed by atoms with van der Waals surface area (Å²) in [6.07, 6.45) is 0. The summed E-state index contributed by atoms with van der Waals surface area (Å²) < 4.78 is 14.6. The van der Waals surface area contributed by atoms with Crippen LogP contribution in [0.1, 0.15) is 16.2 Å². The zero-order chi connectivity index (χ0) is 17.8. The summed E-state index contributed by atoms with van der Waals surface area (Å²) in [5, 5.41) is 7.14. The lowest BCUT2D eigenvalue weighted by Gasteiger charge is -2.36. The van der Waals surface area contributed by atoms with Crippen molar-refractivity contribution in [2.45, 2.75) is 6.92 Å². The van der Waals surface area contributed by atoms with Gasteiger partial charge in [0.05, 0.1) is 5.69 Å². The molecule has 0 unspecified atom stereocenters. The van der Waals surface area contributed by atoms with Crippen LogP contribution in [0.15, 0.2) is 30.3 Å². The monoisotopic (exact) mass is 345 g/mol.